The summed E-state index contributed by atoms with van der Waals surface area (Å²) < 4.78 is 5.95. The molecule has 0 aliphatic rings. The lowest BCUT2D eigenvalue weighted by Crippen LogP contribution is -2.34. The lowest BCUT2D eigenvalue weighted by molar-refractivity contribution is 0.102. The molecule has 1 atom stereocenters. The standard InChI is InChI=1S/C24H25ClN4O2.ClH/c1-2-3-4-12-29(21-7-5-6-20(25)14-21)24(30)31-23(22-16-27-17-28-22)13-18-8-10-19(15-26)11-9-18;/h5-11,14,16-17,23H,2-4,12-13H2,1H3,(H,27,28);1H. The van der Waals surface area contributed by atoms with E-state index in [2.05, 4.69) is 23.0 Å². The quantitative estimate of drug-likeness (QED) is 0.361. The van der Waals surface area contributed by atoms with Crippen LogP contribution in [0.2, 0.25) is 5.02 Å². The van der Waals surface area contributed by atoms with Gasteiger partial charge in [0.2, 0.25) is 0 Å². The third-order valence-corrected chi connectivity index (χ3v) is 5.17. The van der Waals surface area contributed by atoms with Crippen LogP contribution < -0.4 is 4.90 Å². The number of H-pyrrole nitrogens is 1. The predicted molar refractivity (Wildman–Crippen MR) is 128 cm³/mol. The Morgan fingerprint density at radius 3 is 2.66 bits per heavy atom. The van der Waals surface area contributed by atoms with Gasteiger partial charge in [0.05, 0.1) is 29.9 Å². The Morgan fingerprint density at radius 1 is 1.25 bits per heavy atom. The molecular formula is C24H26Cl2N4O2. The van der Waals surface area contributed by atoms with Gasteiger partial charge in [0.1, 0.15) is 6.10 Å². The number of carbonyl (C=O) groups excluding carboxylic acids is 1. The van der Waals surface area contributed by atoms with Gasteiger partial charge in [-0.2, -0.15) is 5.26 Å². The highest BCUT2D eigenvalue weighted by Crippen LogP contribution is 2.26. The number of hydrogen-bond donors (Lipinski definition) is 1. The molecule has 3 rings (SSSR count). The molecule has 0 saturated heterocycles. The molecule has 1 aromatic heterocycles. The fourth-order valence-electron chi connectivity index (χ4n) is 3.26. The second-order valence-electron chi connectivity index (χ2n) is 7.23. The summed E-state index contributed by atoms with van der Waals surface area (Å²) in [6.07, 6.45) is 5.61. The van der Waals surface area contributed by atoms with E-state index in [1.807, 2.05) is 24.3 Å². The number of rotatable bonds is 9. The van der Waals surface area contributed by atoms with Crippen LogP contribution in [0.5, 0.6) is 0 Å². The van der Waals surface area contributed by atoms with Gasteiger partial charge >= 0.3 is 6.09 Å². The average molecular weight is 473 g/mol. The zero-order valence-corrected chi connectivity index (χ0v) is 19.4. The van der Waals surface area contributed by atoms with Crippen LogP contribution in [0, 0.1) is 11.3 Å². The van der Waals surface area contributed by atoms with E-state index in [0.717, 1.165) is 24.8 Å². The van der Waals surface area contributed by atoms with Crippen molar-refractivity contribution in [3.8, 4) is 6.07 Å². The lowest BCUT2D eigenvalue weighted by atomic mass is 10.0. The molecule has 32 heavy (non-hydrogen) atoms. The van der Waals surface area contributed by atoms with E-state index in [-0.39, 0.29) is 12.4 Å². The molecule has 168 valence electrons. The summed E-state index contributed by atoms with van der Waals surface area (Å²) in [5, 5.41) is 9.57. The second kappa shape index (κ2) is 12.7. The average Bonchev–Trinajstić information content (AvgIpc) is 3.32. The maximum atomic E-state index is 13.2. The van der Waals surface area contributed by atoms with Gasteiger partial charge in [-0.3, -0.25) is 4.90 Å². The molecule has 0 aliphatic heterocycles. The van der Waals surface area contributed by atoms with Gasteiger partial charge in [-0.1, -0.05) is 49.6 Å². The first-order valence-corrected chi connectivity index (χ1v) is 10.7. The van der Waals surface area contributed by atoms with Gasteiger partial charge in [0.25, 0.3) is 0 Å². The molecule has 0 spiro atoms. The molecule has 0 bridgehead atoms. The zero-order chi connectivity index (χ0) is 22.1. The van der Waals surface area contributed by atoms with Crippen LogP contribution in [-0.4, -0.2) is 22.6 Å². The molecule has 2 aromatic carbocycles. The number of amides is 1. The smallest absolute Gasteiger partial charge is 0.414 e. The van der Waals surface area contributed by atoms with Crippen molar-refractivity contribution in [3.63, 3.8) is 0 Å². The number of halogens is 2. The largest absolute Gasteiger partial charge is 0.439 e. The van der Waals surface area contributed by atoms with E-state index in [1.165, 1.54) is 0 Å². The van der Waals surface area contributed by atoms with Crippen LogP contribution in [0.15, 0.2) is 61.1 Å². The number of unbranched alkanes of at least 4 members (excludes halogenated alkanes) is 2. The number of ether oxygens (including phenoxy) is 1. The molecular weight excluding hydrogens is 447 g/mol. The van der Waals surface area contributed by atoms with E-state index in [9.17, 15) is 4.79 Å². The van der Waals surface area contributed by atoms with Gasteiger partial charge in [0.15, 0.2) is 0 Å². The Morgan fingerprint density at radius 2 is 2.03 bits per heavy atom. The second-order valence-corrected chi connectivity index (χ2v) is 7.67. The van der Waals surface area contributed by atoms with Crippen LogP contribution in [-0.2, 0) is 11.2 Å². The molecule has 0 saturated carbocycles. The van der Waals surface area contributed by atoms with Gasteiger partial charge < -0.3 is 9.72 Å². The summed E-state index contributed by atoms with van der Waals surface area (Å²) in [6, 6.07) is 16.6. The maximum absolute atomic E-state index is 13.2. The number of aromatic nitrogens is 2. The molecule has 0 fully saturated rings. The molecule has 0 aliphatic carbocycles. The van der Waals surface area contributed by atoms with Crippen LogP contribution in [0.3, 0.4) is 0 Å². The zero-order valence-electron chi connectivity index (χ0n) is 17.8. The minimum atomic E-state index is -0.546. The first-order valence-electron chi connectivity index (χ1n) is 10.3. The van der Waals surface area contributed by atoms with Crippen molar-refractivity contribution in [1.29, 1.82) is 5.26 Å². The van der Waals surface area contributed by atoms with Crippen molar-refractivity contribution in [3.05, 3.63) is 82.9 Å². The third kappa shape index (κ3) is 7.01. The summed E-state index contributed by atoms with van der Waals surface area (Å²) in [6.45, 7) is 2.66. The Kier molecular flexibility index (Phi) is 10.1. The number of benzene rings is 2. The third-order valence-electron chi connectivity index (χ3n) is 4.94. The number of nitrogens with zero attached hydrogens (tertiary/aromatic N) is 3. The van der Waals surface area contributed by atoms with Crippen molar-refractivity contribution in [2.45, 2.75) is 38.7 Å². The number of nitrogens with one attached hydrogen (secondary N) is 1. The first-order chi connectivity index (χ1) is 15.1. The topological polar surface area (TPSA) is 82.0 Å². The number of carbonyl (C=O) groups is 1. The van der Waals surface area contributed by atoms with Crippen molar-refractivity contribution >= 4 is 35.8 Å². The maximum Gasteiger partial charge on any atom is 0.414 e. The van der Waals surface area contributed by atoms with Crippen molar-refractivity contribution in [1.82, 2.24) is 9.97 Å². The molecule has 1 amide bonds. The summed E-state index contributed by atoms with van der Waals surface area (Å²) >= 11 is 6.16. The highest BCUT2D eigenvalue weighted by atomic mass is 35.5. The van der Waals surface area contributed by atoms with Gasteiger partial charge in [-0.05, 0) is 42.3 Å². The summed E-state index contributed by atoms with van der Waals surface area (Å²) in [5.74, 6) is 0. The number of hydrogen-bond acceptors (Lipinski definition) is 4. The minimum Gasteiger partial charge on any atom is -0.439 e. The van der Waals surface area contributed by atoms with E-state index in [1.54, 1.807) is 41.7 Å². The molecule has 1 heterocycles. The Bertz CT molecular complexity index is 1020. The number of imidazole rings is 1. The Hall–Kier alpha value is -3.01. The molecule has 3 aromatic rings. The predicted octanol–water partition coefficient (Wildman–Crippen LogP) is 6.47. The van der Waals surface area contributed by atoms with Gasteiger partial charge in [0, 0.05) is 23.7 Å². The van der Waals surface area contributed by atoms with Gasteiger partial charge in [-0.15, -0.1) is 12.4 Å². The minimum absolute atomic E-state index is 0. The highest BCUT2D eigenvalue weighted by molar-refractivity contribution is 6.30. The summed E-state index contributed by atoms with van der Waals surface area (Å²) in [4.78, 5) is 22.0. The van der Waals surface area contributed by atoms with Crippen LogP contribution in [0.25, 0.3) is 0 Å². The number of nitriles is 1. The number of aromatic amines is 1. The molecule has 1 N–H and O–H groups in total. The highest BCUT2D eigenvalue weighted by Gasteiger charge is 2.24. The summed E-state index contributed by atoms with van der Waals surface area (Å²) in [5.41, 5.74) is 2.95. The van der Waals surface area contributed by atoms with Gasteiger partial charge in [-0.25, -0.2) is 9.78 Å². The first kappa shape index (κ1) is 25.3. The Balaban J connectivity index is 0.00000363. The fourth-order valence-corrected chi connectivity index (χ4v) is 3.45. The van der Waals surface area contributed by atoms with Crippen LogP contribution in [0.4, 0.5) is 10.5 Å². The van der Waals surface area contributed by atoms with E-state index in [0.29, 0.717) is 34.9 Å². The summed E-state index contributed by atoms with van der Waals surface area (Å²) in [7, 11) is 0. The van der Waals surface area contributed by atoms with E-state index in [4.69, 9.17) is 21.6 Å². The van der Waals surface area contributed by atoms with E-state index < -0.39 is 12.2 Å². The molecule has 1 unspecified atom stereocenters. The normalized spacial score (nSPS) is 11.2. The SMILES string of the molecule is CCCCCN(C(=O)OC(Cc1ccc(C#N)cc1)c1cnc[nH]1)c1cccc(Cl)c1.Cl. The Labute approximate surface area is 199 Å². The van der Waals surface area contributed by atoms with Crippen LogP contribution >= 0.6 is 24.0 Å². The van der Waals surface area contributed by atoms with Crippen molar-refractivity contribution in [2.24, 2.45) is 0 Å². The number of anilines is 1. The monoisotopic (exact) mass is 472 g/mol. The van der Waals surface area contributed by atoms with Crippen molar-refractivity contribution in [2.75, 3.05) is 11.4 Å². The van der Waals surface area contributed by atoms with Crippen LogP contribution in [0.1, 0.15) is 49.1 Å². The fraction of sp³-hybridized carbons (Fsp3) is 0.292. The lowest BCUT2D eigenvalue weighted by Gasteiger charge is -2.25. The molecule has 6 nitrogen and oxygen atoms in total. The molecule has 8 heteroatoms. The van der Waals surface area contributed by atoms with Crippen molar-refractivity contribution < 1.29 is 9.53 Å². The molecule has 0 radical (unpaired) electrons. The van der Waals surface area contributed by atoms with E-state index >= 15 is 0 Å².